The molecule has 2 aromatic carbocycles. The summed E-state index contributed by atoms with van der Waals surface area (Å²) < 4.78 is 37.7. The Morgan fingerprint density at radius 2 is 1.67 bits per heavy atom. The number of hydrogen-bond donors (Lipinski definition) is 1. The molecule has 1 unspecified atom stereocenters. The standard InChI is InChI=1S/C13H11F2NOS/c14-12-6-5-11(7-13(12)15)18(17)8-9-1-3-10(16)4-2-9/h1-7H,8,16H2. The average molecular weight is 267 g/mol. The molecule has 0 saturated carbocycles. The van der Waals surface area contributed by atoms with Crippen LogP contribution in [0, 0.1) is 11.6 Å². The Bertz CT molecular complexity index is 584. The first-order chi connectivity index (χ1) is 8.56. The van der Waals surface area contributed by atoms with Crippen molar-refractivity contribution in [2.24, 2.45) is 0 Å². The molecule has 0 aliphatic rings. The lowest BCUT2D eigenvalue weighted by Gasteiger charge is -2.04. The van der Waals surface area contributed by atoms with E-state index in [2.05, 4.69) is 0 Å². The van der Waals surface area contributed by atoms with Crippen molar-refractivity contribution in [1.82, 2.24) is 0 Å². The Morgan fingerprint density at radius 1 is 1.00 bits per heavy atom. The number of benzene rings is 2. The van der Waals surface area contributed by atoms with E-state index < -0.39 is 22.4 Å². The average Bonchev–Trinajstić information content (AvgIpc) is 2.35. The molecule has 18 heavy (non-hydrogen) atoms. The lowest BCUT2D eigenvalue weighted by molar-refractivity contribution is 0.505. The van der Waals surface area contributed by atoms with E-state index in [1.54, 1.807) is 24.3 Å². The molecule has 0 aliphatic carbocycles. The van der Waals surface area contributed by atoms with E-state index in [0.717, 1.165) is 17.7 Å². The minimum Gasteiger partial charge on any atom is -0.399 e. The van der Waals surface area contributed by atoms with E-state index in [4.69, 9.17) is 5.73 Å². The lowest BCUT2D eigenvalue weighted by atomic mass is 10.2. The first kappa shape index (κ1) is 12.7. The summed E-state index contributed by atoms with van der Waals surface area (Å²) in [6.07, 6.45) is 0. The highest BCUT2D eigenvalue weighted by atomic mass is 32.2. The molecule has 1 atom stereocenters. The predicted octanol–water partition coefficient (Wildman–Crippen LogP) is 2.85. The van der Waals surface area contributed by atoms with Crippen molar-refractivity contribution in [2.75, 3.05) is 5.73 Å². The fourth-order valence-corrected chi connectivity index (χ4v) is 2.58. The van der Waals surface area contributed by atoms with Gasteiger partial charge in [0.2, 0.25) is 0 Å². The first-order valence-electron chi connectivity index (χ1n) is 5.24. The molecule has 0 fully saturated rings. The summed E-state index contributed by atoms with van der Waals surface area (Å²) in [6, 6.07) is 10.2. The van der Waals surface area contributed by atoms with Crippen molar-refractivity contribution in [1.29, 1.82) is 0 Å². The van der Waals surface area contributed by atoms with Gasteiger partial charge in [-0.1, -0.05) is 12.1 Å². The number of nitrogens with two attached hydrogens (primary N) is 1. The van der Waals surface area contributed by atoms with E-state index in [0.29, 0.717) is 5.69 Å². The normalized spacial score (nSPS) is 12.3. The lowest BCUT2D eigenvalue weighted by Crippen LogP contribution is -1.98. The van der Waals surface area contributed by atoms with E-state index in [1.165, 1.54) is 6.07 Å². The van der Waals surface area contributed by atoms with Gasteiger partial charge in [-0.15, -0.1) is 0 Å². The molecule has 2 N–H and O–H groups in total. The van der Waals surface area contributed by atoms with Gasteiger partial charge < -0.3 is 5.73 Å². The van der Waals surface area contributed by atoms with Crippen LogP contribution in [0.2, 0.25) is 0 Å². The van der Waals surface area contributed by atoms with Crippen molar-refractivity contribution < 1.29 is 13.0 Å². The molecule has 2 aromatic rings. The number of halogens is 2. The molecule has 2 rings (SSSR count). The monoisotopic (exact) mass is 267 g/mol. The van der Waals surface area contributed by atoms with Crippen molar-refractivity contribution in [3.05, 3.63) is 59.7 Å². The van der Waals surface area contributed by atoms with Crippen molar-refractivity contribution >= 4 is 16.5 Å². The van der Waals surface area contributed by atoms with Gasteiger partial charge in [0.25, 0.3) is 0 Å². The van der Waals surface area contributed by atoms with E-state index in [1.807, 2.05) is 0 Å². The summed E-state index contributed by atoms with van der Waals surface area (Å²) in [6.45, 7) is 0. The number of anilines is 1. The van der Waals surface area contributed by atoms with Crippen molar-refractivity contribution in [2.45, 2.75) is 10.6 Å². The molecule has 0 spiro atoms. The van der Waals surface area contributed by atoms with Gasteiger partial charge in [0, 0.05) is 10.6 Å². The molecule has 0 aromatic heterocycles. The summed E-state index contributed by atoms with van der Waals surface area (Å²) in [4.78, 5) is 0.269. The van der Waals surface area contributed by atoms with Gasteiger partial charge in [0.1, 0.15) is 0 Å². The summed E-state index contributed by atoms with van der Waals surface area (Å²) in [5.74, 6) is -1.69. The van der Waals surface area contributed by atoms with Gasteiger partial charge >= 0.3 is 0 Å². The molecular formula is C13H11F2NOS. The predicted molar refractivity (Wildman–Crippen MR) is 67.3 cm³/mol. The van der Waals surface area contributed by atoms with Crippen LogP contribution in [0.15, 0.2) is 47.4 Å². The van der Waals surface area contributed by atoms with E-state index >= 15 is 0 Å². The molecule has 94 valence electrons. The number of nitrogen functional groups attached to an aromatic ring is 1. The Labute approximate surface area is 106 Å². The van der Waals surface area contributed by atoms with Crippen LogP contribution >= 0.6 is 0 Å². The van der Waals surface area contributed by atoms with Crippen LogP contribution in [0.25, 0.3) is 0 Å². The highest BCUT2D eigenvalue weighted by Crippen LogP contribution is 2.16. The Morgan fingerprint density at radius 3 is 2.28 bits per heavy atom. The topological polar surface area (TPSA) is 43.1 Å². The minimum atomic E-state index is -1.41. The fraction of sp³-hybridized carbons (Fsp3) is 0.0769. The zero-order valence-electron chi connectivity index (χ0n) is 9.40. The van der Waals surface area contributed by atoms with Gasteiger partial charge in [-0.25, -0.2) is 8.78 Å². The molecular weight excluding hydrogens is 256 g/mol. The van der Waals surface area contributed by atoms with E-state index in [9.17, 15) is 13.0 Å². The molecule has 0 aliphatic heterocycles. The molecule has 0 amide bonds. The SMILES string of the molecule is Nc1ccc(CS(=O)c2ccc(F)c(F)c2)cc1. The van der Waals surface area contributed by atoms with Crippen LogP contribution in [0.5, 0.6) is 0 Å². The van der Waals surface area contributed by atoms with Gasteiger partial charge in [0.15, 0.2) is 11.6 Å². The van der Waals surface area contributed by atoms with Gasteiger partial charge in [-0.05, 0) is 35.9 Å². The Balaban J connectivity index is 2.16. The molecule has 0 bridgehead atoms. The van der Waals surface area contributed by atoms with Crippen LogP contribution in [0.4, 0.5) is 14.5 Å². The highest BCUT2D eigenvalue weighted by Gasteiger charge is 2.09. The maximum atomic E-state index is 13.0. The maximum Gasteiger partial charge on any atom is 0.160 e. The second-order valence-corrected chi connectivity index (χ2v) is 5.26. The summed E-state index contributed by atoms with van der Waals surface area (Å²) in [5, 5.41) is 0. The molecule has 0 heterocycles. The zero-order chi connectivity index (χ0) is 13.1. The third-order valence-electron chi connectivity index (χ3n) is 2.43. The van der Waals surface area contributed by atoms with Crippen LogP contribution in [0.1, 0.15) is 5.56 Å². The Kier molecular flexibility index (Phi) is 3.72. The largest absolute Gasteiger partial charge is 0.399 e. The third-order valence-corrected chi connectivity index (χ3v) is 3.81. The van der Waals surface area contributed by atoms with Crippen molar-refractivity contribution in [3.8, 4) is 0 Å². The summed E-state index contributed by atoms with van der Waals surface area (Å²) in [7, 11) is -1.41. The quantitative estimate of drug-likeness (QED) is 0.869. The summed E-state index contributed by atoms with van der Waals surface area (Å²) in [5.41, 5.74) is 6.99. The number of hydrogen-bond acceptors (Lipinski definition) is 2. The zero-order valence-corrected chi connectivity index (χ0v) is 10.2. The second-order valence-electron chi connectivity index (χ2n) is 3.81. The van der Waals surface area contributed by atoms with Gasteiger partial charge in [0.05, 0.1) is 16.6 Å². The smallest absolute Gasteiger partial charge is 0.160 e. The van der Waals surface area contributed by atoms with Gasteiger partial charge in [-0.2, -0.15) is 0 Å². The van der Waals surface area contributed by atoms with Crippen LogP contribution < -0.4 is 5.73 Å². The van der Waals surface area contributed by atoms with Crippen LogP contribution in [-0.4, -0.2) is 4.21 Å². The summed E-state index contributed by atoms with van der Waals surface area (Å²) >= 11 is 0. The molecule has 0 saturated heterocycles. The highest BCUT2D eigenvalue weighted by molar-refractivity contribution is 7.84. The van der Waals surface area contributed by atoms with Crippen LogP contribution in [-0.2, 0) is 16.6 Å². The Hall–Kier alpha value is -1.75. The molecule has 5 heteroatoms. The molecule has 2 nitrogen and oxygen atoms in total. The van der Waals surface area contributed by atoms with Gasteiger partial charge in [-0.3, -0.25) is 4.21 Å². The van der Waals surface area contributed by atoms with Crippen molar-refractivity contribution in [3.63, 3.8) is 0 Å². The minimum absolute atomic E-state index is 0.241. The number of rotatable bonds is 3. The van der Waals surface area contributed by atoms with E-state index in [-0.39, 0.29) is 10.6 Å². The maximum absolute atomic E-state index is 13.0. The van der Waals surface area contributed by atoms with Crippen LogP contribution in [0.3, 0.4) is 0 Å². The third kappa shape index (κ3) is 2.92. The first-order valence-corrected chi connectivity index (χ1v) is 6.56. The second kappa shape index (κ2) is 5.27. The molecule has 0 radical (unpaired) electrons. The fourth-order valence-electron chi connectivity index (χ4n) is 1.47.